The summed E-state index contributed by atoms with van der Waals surface area (Å²) in [7, 11) is 0. The molecule has 5 heterocycles. The zero-order valence-corrected chi connectivity index (χ0v) is 26.4. The molecule has 0 amide bonds. The average molecular weight is 621 g/mol. The summed E-state index contributed by atoms with van der Waals surface area (Å²) < 4.78 is 7.14. The number of aromatic nitrogens is 8. The third kappa shape index (κ3) is 3.92. The van der Waals surface area contributed by atoms with E-state index < -0.39 is 0 Å². The lowest BCUT2D eigenvalue weighted by atomic mass is 10.1. The number of hydrogen-bond donors (Lipinski definition) is 7. The van der Waals surface area contributed by atoms with Gasteiger partial charge in [0.25, 0.3) is 0 Å². The Morgan fingerprint density at radius 1 is 0.413 bits per heavy atom. The molecule has 46 heavy (non-hydrogen) atoms. The van der Waals surface area contributed by atoms with Crippen LogP contribution in [0.25, 0.3) is 89.7 Å². The summed E-state index contributed by atoms with van der Waals surface area (Å²) in [6, 6.07) is 23.5. The molecule has 4 aromatic carbocycles. The average Bonchev–Trinajstić information content (AvgIpc) is 3.83. The third-order valence-electron chi connectivity index (χ3n) is 8.16. The number of aromatic amines is 2. The van der Waals surface area contributed by atoms with Crippen LogP contribution < -0.4 is 22.9 Å². The van der Waals surface area contributed by atoms with Crippen molar-refractivity contribution in [2.24, 2.45) is 0 Å². The molecule has 222 valence electrons. The SMILES string of the molecule is Nc1c(N)c(N)c2c3nc4nc(nc5[nH]c(nc6nc(nc([nH]3)c2c1N)-c1ccccc1-6)c1ccccc51)-c1ccccc1-4.[OH][AlH2]. The van der Waals surface area contributed by atoms with Gasteiger partial charge in [0.1, 0.15) is 22.6 Å². The second-order valence-electron chi connectivity index (χ2n) is 10.7. The van der Waals surface area contributed by atoms with E-state index in [0.717, 1.165) is 33.0 Å². The third-order valence-corrected chi connectivity index (χ3v) is 8.16. The second kappa shape index (κ2) is 10.2. The number of nitrogen functional groups attached to an aromatic ring is 4. The lowest BCUT2D eigenvalue weighted by Crippen LogP contribution is -2.04. The van der Waals surface area contributed by atoms with E-state index in [0.29, 0.717) is 73.3 Å². The van der Waals surface area contributed by atoms with Gasteiger partial charge in [0, 0.05) is 33.0 Å². The van der Waals surface area contributed by atoms with Crippen molar-refractivity contribution in [3.63, 3.8) is 0 Å². The van der Waals surface area contributed by atoms with Gasteiger partial charge in [-0.2, -0.15) is 0 Å². The van der Waals surface area contributed by atoms with Crippen molar-refractivity contribution < 1.29 is 4.16 Å². The van der Waals surface area contributed by atoms with Crippen LogP contribution in [0.15, 0.2) is 72.8 Å². The fourth-order valence-electron chi connectivity index (χ4n) is 6.00. The number of fused-ring (bicyclic) bond motifs is 20. The van der Waals surface area contributed by atoms with Gasteiger partial charge in [-0.15, -0.1) is 0 Å². The molecule has 9 rings (SSSR count). The highest BCUT2D eigenvalue weighted by atomic mass is 27.1. The lowest BCUT2D eigenvalue weighted by molar-refractivity contribution is 0.629. The highest BCUT2D eigenvalue weighted by molar-refractivity contribution is 6.22. The van der Waals surface area contributed by atoms with Crippen molar-refractivity contribution in [2.45, 2.75) is 0 Å². The zero-order chi connectivity index (χ0) is 31.7. The Labute approximate surface area is 268 Å². The van der Waals surface area contributed by atoms with Gasteiger partial charge >= 0.3 is 16.6 Å². The first-order chi connectivity index (χ1) is 22.5. The van der Waals surface area contributed by atoms with Gasteiger partial charge in [-0.05, 0) is 0 Å². The lowest BCUT2D eigenvalue weighted by Gasteiger charge is -2.09. The number of nitrogens with two attached hydrogens (primary N) is 4. The Morgan fingerprint density at radius 2 is 0.717 bits per heavy atom. The fourth-order valence-corrected chi connectivity index (χ4v) is 6.00. The number of hydrogen-bond acceptors (Lipinski definition) is 11. The van der Waals surface area contributed by atoms with Crippen molar-refractivity contribution in [1.82, 2.24) is 39.9 Å². The van der Waals surface area contributed by atoms with Crippen LogP contribution in [0.3, 0.4) is 0 Å². The normalized spacial score (nSPS) is 11.6. The maximum absolute atomic E-state index is 7.14. The van der Waals surface area contributed by atoms with Crippen LogP contribution in [0, 0.1) is 0 Å². The standard InChI is InChI=1S/C32H22N12.Al.H2O.2H/c33-21-19-20(22(34)24(36)23(21)35)32-43-30-18-12-6-4-10-16(18)28(41-30)39-26-14-8-2-1-7-13(14)25(37-26)38-27-15-9-3-5-11-17(15)29(40-27)42-31(19)44-32;;;;/h1-12H,33-36H2,(H2,37,38,39,40,41,42,43,44);;1H2;;/q;+1;;;/p-1. The quantitative estimate of drug-likeness (QED) is 0.0953. The molecule has 2 aliphatic heterocycles. The first kappa shape index (κ1) is 27.5. The van der Waals surface area contributed by atoms with E-state index >= 15 is 0 Å². The molecule has 2 aliphatic rings. The largest absolute Gasteiger partial charge is 0.521 e. The number of H-pyrrole nitrogens is 2. The molecule has 0 aliphatic carbocycles. The predicted octanol–water partition coefficient (Wildman–Crippen LogP) is 3.72. The summed E-state index contributed by atoms with van der Waals surface area (Å²) in [6.45, 7) is 0. The van der Waals surface area contributed by atoms with Crippen LogP contribution in [-0.4, -0.2) is 60.7 Å². The number of benzene rings is 4. The van der Waals surface area contributed by atoms with Gasteiger partial charge in [-0.1, -0.05) is 72.8 Å². The first-order valence-corrected chi connectivity index (χ1v) is 15.2. The van der Waals surface area contributed by atoms with E-state index in [1.807, 2.05) is 72.8 Å². The van der Waals surface area contributed by atoms with Crippen molar-refractivity contribution in [3.05, 3.63) is 72.8 Å². The van der Waals surface area contributed by atoms with Gasteiger partial charge in [0.2, 0.25) is 0 Å². The Morgan fingerprint density at radius 3 is 1.09 bits per heavy atom. The van der Waals surface area contributed by atoms with Crippen LogP contribution in [0.5, 0.6) is 0 Å². The van der Waals surface area contributed by atoms with Crippen molar-refractivity contribution >= 4 is 83.5 Å². The minimum Gasteiger partial charge on any atom is -0.521 e. The Kier molecular flexibility index (Phi) is 6.12. The molecule has 7 aromatic rings. The molecule has 11 N–H and O–H groups in total. The summed E-state index contributed by atoms with van der Waals surface area (Å²) in [5.74, 6) is 1.88. The van der Waals surface area contributed by atoms with E-state index in [-0.39, 0.29) is 22.7 Å². The van der Waals surface area contributed by atoms with Crippen molar-refractivity contribution in [2.75, 3.05) is 22.9 Å². The summed E-state index contributed by atoms with van der Waals surface area (Å²) in [5.41, 5.74) is 31.8. The van der Waals surface area contributed by atoms with E-state index in [9.17, 15) is 0 Å². The van der Waals surface area contributed by atoms with E-state index in [1.54, 1.807) is 0 Å². The molecule has 0 saturated carbocycles. The predicted molar refractivity (Wildman–Crippen MR) is 184 cm³/mol. The van der Waals surface area contributed by atoms with Crippen molar-refractivity contribution in [3.8, 4) is 45.6 Å². The molecule has 8 bridgehead atoms. The second-order valence-corrected chi connectivity index (χ2v) is 10.7. The number of rotatable bonds is 0. The fraction of sp³-hybridized carbons (Fsp3) is 0. The molecule has 14 heteroatoms. The number of anilines is 4. The van der Waals surface area contributed by atoms with E-state index in [2.05, 4.69) is 9.97 Å². The highest BCUT2D eigenvalue weighted by Gasteiger charge is 2.24. The Balaban J connectivity index is 0.00000153. The summed E-state index contributed by atoms with van der Waals surface area (Å²) >= 11 is 0.306. The van der Waals surface area contributed by atoms with Crippen LogP contribution in [0.4, 0.5) is 22.7 Å². The molecule has 0 spiro atoms. The van der Waals surface area contributed by atoms with E-state index in [1.165, 1.54) is 0 Å². The molecular formula is C32H25AlN12O. The summed E-state index contributed by atoms with van der Waals surface area (Å²) in [6.07, 6.45) is 0. The first-order valence-electron chi connectivity index (χ1n) is 14.3. The minimum absolute atomic E-state index is 0.172. The van der Waals surface area contributed by atoms with E-state index in [4.69, 9.17) is 57.0 Å². The summed E-state index contributed by atoms with van der Waals surface area (Å²) in [5, 5.41) is 2.78. The Hall–Kier alpha value is -6.07. The van der Waals surface area contributed by atoms with Gasteiger partial charge in [0.05, 0.1) is 33.5 Å². The molecule has 0 radical (unpaired) electrons. The van der Waals surface area contributed by atoms with Crippen LogP contribution >= 0.6 is 0 Å². The Bertz CT molecular complexity index is 2400. The monoisotopic (exact) mass is 620 g/mol. The van der Waals surface area contributed by atoms with Gasteiger partial charge in [-0.3, -0.25) is 0 Å². The van der Waals surface area contributed by atoms with Gasteiger partial charge in [0.15, 0.2) is 23.3 Å². The molecule has 0 saturated heterocycles. The smallest absolute Gasteiger partial charge is 0.407 e. The van der Waals surface area contributed by atoms with Gasteiger partial charge in [-0.25, -0.2) is 29.9 Å². The zero-order valence-electron chi connectivity index (χ0n) is 24.4. The van der Waals surface area contributed by atoms with Crippen LogP contribution in [0.2, 0.25) is 0 Å². The molecule has 0 atom stereocenters. The maximum Gasteiger partial charge on any atom is 0.407 e. The molecular weight excluding hydrogens is 595 g/mol. The highest BCUT2D eigenvalue weighted by Crippen LogP contribution is 2.43. The van der Waals surface area contributed by atoms with Gasteiger partial charge < -0.3 is 37.1 Å². The topological polar surface area (TPSA) is 233 Å². The number of nitrogens with zero attached hydrogens (tertiary/aromatic N) is 6. The van der Waals surface area contributed by atoms with Crippen LogP contribution in [-0.2, 0) is 0 Å². The maximum atomic E-state index is 7.14. The molecule has 13 nitrogen and oxygen atoms in total. The molecule has 0 fully saturated rings. The van der Waals surface area contributed by atoms with Crippen LogP contribution in [0.1, 0.15) is 0 Å². The number of nitrogens with one attached hydrogen (secondary N) is 2. The van der Waals surface area contributed by atoms with Crippen molar-refractivity contribution in [1.29, 1.82) is 0 Å². The molecule has 0 unspecified atom stereocenters. The summed E-state index contributed by atoms with van der Waals surface area (Å²) in [4.78, 5) is 36.4. The molecule has 3 aromatic heterocycles. The minimum atomic E-state index is 0.172.